The number of nitrogens with zero attached hydrogens (tertiary/aromatic N) is 3. The van der Waals surface area contributed by atoms with Crippen molar-refractivity contribution in [3.8, 4) is 0 Å². The summed E-state index contributed by atoms with van der Waals surface area (Å²) in [5, 5.41) is 2.93. The first-order valence-corrected chi connectivity index (χ1v) is 8.88. The maximum Gasteiger partial charge on any atom is 0.270 e. The van der Waals surface area contributed by atoms with Crippen molar-refractivity contribution in [2.45, 2.75) is 20.0 Å². The minimum Gasteiger partial charge on any atom is -0.429 e. The van der Waals surface area contributed by atoms with Crippen LogP contribution in [-0.2, 0) is 11.5 Å². The number of oxazole rings is 1. The number of carbonyl (C=O) groups excluding carboxylic acids is 1. The van der Waals surface area contributed by atoms with Gasteiger partial charge in [0, 0.05) is 32.7 Å². The highest BCUT2D eigenvalue weighted by molar-refractivity contribution is 7.71. The Morgan fingerprint density at radius 1 is 1.21 bits per heavy atom. The van der Waals surface area contributed by atoms with Crippen molar-refractivity contribution in [3.63, 3.8) is 0 Å². The molecule has 1 saturated heterocycles. The van der Waals surface area contributed by atoms with Gasteiger partial charge in [0.1, 0.15) is 0 Å². The van der Waals surface area contributed by atoms with E-state index in [2.05, 4.69) is 22.0 Å². The first-order chi connectivity index (χ1) is 11.7. The zero-order valence-corrected chi connectivity index (χ0v) is 14.8. The van der Waals surface area contributed by atoms with Crippen LogP contribution < -0.4 is 5.32 Å². The summed E-state index contributed by atoms with van der Waals surface area (Å²) in [5.74, 6) is 0.119. The fourth-order valence-electron chi connectivity index (χ4n) is 2.96. The van der Waals surface area contributed by atoms with Crippen LogP contribution in [0.4, 0.5) is 0 Å². The smallest absolute Gasteiger partial charge is 0.270 e. The number of benzene rings is 1. The molecule has 1 N–H and O–H groups in total. The second-order valence-corrected chi connectivity index (χ2v) is 6.50. The largest absolute Gasteiger partial charge is 0.429 e. The predicted molar refractivity (Wildman–Crippen MR) is 96.4 cm³/mol. The molecule has 1 amide bonds. The number of nitrogens with one attached hydrogen (secondary N) is 1. The molecule has 0 radical (unpaired) electrons. The first kappa shape index (κ1) is 17.1. The summed E-state index contributed by atoms with van der Waals surface area (Å²) >= 11 is 5.35. The van der Waals surface area contributed by atoms with Crippen LogP contribution >= 0.6 is 12.2 Å². The minimum atomic E-state index is 0.119. The SMILES string of the molecule is CCCNC(=O)CN1CCN(Cn2c(=S)oc3ccccc32)CC1. The van der Waals surface area contributed by atoms with Crippen LogP contribution in [0.15, 0.2) is 28.7 Å². The minimum absolute atomic E-state index is 0.119. The number of rotatable bonds is 6. The van der Waals surface area contributed by atoms with Crippen molar-refractivity contribution in [3.05, 3.63) is 29.1 Å². The first-order valence-electron chi connectivity index (χ1n) is 8.47. The lowest BCUT2D eigenvalue weighted by Gasteiger charge is -2.34. The lowest BCUT2D eigenvalue weighted by atomic mass is 10.3. The van der Waals surface area contributed by atoms with Gasteiger partial charge in [-0.1, -0.05) is 19.1 Å². The van der Waals surface area contributed by atoms with Gasteiger partial charge in [0.2, 0.25) is 5.91 Å². The molecule has 24 heavy (non-hydrogen) atoms. The van der Waals surface area contributed by atoms with Crippen LogP contribution in [0, 0.1) is 4.84 Å². The van der Waals surface area contributed by atoms with E-state index in [1.165, 1.54) is 0 Å². The van der Waals surface area contributed by atoms with Crippen molar-refractivity contribution in [1.82, 2.24) is 19.7 Å². The molecule has 1 aromatic heterocycles. The number of hydrogen-bond acceptors (Lipinski definition) is 5. The van der Waals surface area contributed by atoms with E-state index in [1.54, 1.807) is 0 Å². The highest BCUT2D eigenvalue weighted by Crippen LogP contribution is 2.18. The third-order valence-corrected chi connectivity index (χ3v) is 4.62. The monoisotopic (exact) mass is 348 g/mol. The Morgan fingerprint density at radius 2 is 1.92 bits per heavy atom. The summed E-state index contributed by atoms with van der Waals surface area (Å²) in [5.41, 5.74) is 1.86. The van der Waals surface area contributed by atoms with E-state index in [1.807, 2.05) is 28.8 Å². The third kappa shape index (κ3) is 4.03. The maximum atomic E-state index is 11.8. The van der Waals surface area contributed by atoms with Gasteiger partial charge < -0.3 is 9.73 Å². The van der Waals surface area contributed by atoms with Crippen LogP contribution in [0.3, 0.4) is 0 Å². The van der Waals surface area contributed by atoms with Crippen LogP contribution in [0.25, 0.3) is 11.1 Å². The molecule has 3 rings (SSSR count). The maximum absolute atomic E-state index is 11.8. The third-order valence-electron chi connectivity index (χ3n) is 4.32. The van der Waals surface area contributed by atoms with Crippen molar-refractivity contribution in [2.75, 3.05) is 39.3 Å². The molecule has 0 unspecified atom stereocenters. The van der Waals surface area contributed by atoms with Gasteiger partial charge in [0.05, 0.1) is 18.7 Å². The van der Waals surface area contributed by atoms with Gasteiger partial charge in [0.15, 0.2) is 5.58 Å². The number of hydrogen-bond donors (Lipinski definition) is 1. The van der Waals surface area contributed by atoms with Gasteiger partial charge >= 0.3 is 0 Å². The number of amides is 1. The van der Waals surface area contributed by atoms with Crippen molar-refractivity contribution in [1.29, 1.82) is 0 Å². The zero-order chi connectivity index (χ0) is 16.9. The summed E-state index contributed by atoms with van der Waals surface area (Å²) in [6, 6.07) is 7.92. The number of piperazine rings is 1. The standard InChI is InChI=1S/C17H24N4O2S/c1-2-7-18-16(22)12-19-8-10-20(11-9-19)13-21-14-5-3-4-6-15(14)23-17(21)24/h3-6H,2,7-13H2,1H3,(H,18,22). The highest BCUT2D eigenvalue weighted by Gasteiger charge is 2.20. The summed E-state index contributed by atoms with van der Waals surface area (Å²) in [6.07, 6.45) is 0.971. The van der Waals surface area contributed by atoms with Gasteiger partial charge in [-0.15, -0.1) is 0 Å². The summed E-state index contributed by atoms with van der Waals surface area (Å²) in [4.78, 5) is 16.9. The molecule has 1 fully saturated rings. The molecular weight excluding hydrogens is 324 g/mol. The van der Waals surface area contributed by atoms with E-state index in [0.29, 0.717) is 11.4 Å². The Kier molecular flexibility index (Phi) is 5.65. The lowest BCUT2D eigenvalue weighted by molar-refractivity contribution is -0.122. The molecule has 0 spiro atoms. The molecule has 0 atom stereocenters. The van der Waals surface area contributed by atoms with E-state index in [0.717, 1.165) is 56.9 Å². The highest BCUT2D eigenvalue weighted by atomic mass is 32.1. The Labute approximate surface area is 147 Å². The van der Waals surface area contributed by atoms with Gasteiger partial charge in [0.25, 0.3) is 4.84 Å². The topological polar surface area (TPSA) is 53.7 Å². The Hall–Kier alpha value is -1.70. The van der Waals surface area contributed by atoms with E-state index in [9.17, 15) is 4.79 Å². The molecule has 7 heteroatoms. The molecule has 130 valence electrons. The van der Waals surface area contributed by atoms with Gasteiger partial charge in [-0.05, 0) is 30.8 Å². The second-order valence-electron chi connectivity index (χ2n) is 6.15. The quantitative estimate of drug-likeness (QED) is 0.810. The molecule has 0 aliphatic carbocycles. The van der Waals surface area contributed by atoms with Crippen molar-refractivity contribution >= 4 is 29.2 Å². The van der Waals surface area contributed by atoms with Gasteiger partial charge in [-0.2, -0.15) is 0 Å². The summed E-state index contributed by atoms with van der Waals surface area (Å²) in [6.45, 7) is 7.65. The molecule has 1 aromatic carbocycles. The van der Waals surface area contributed by atoms with Gasteiger partial charge in [-0.3, -0.25) is 19.2 Å². The average Bonchev–Trinajstić information content (AvgIpc) is 2.90. The number of fused-ring (bicyclic) bond motifs is 1. The van der Waals surface area contributed by atoms with Gasteiger partial charge in [-0.25, -0.2) is 0 Å². The van der Waals surface area contributed by atoms with Crippen LogP contribution in [0.2, 0.25) is 0 Å². The molecule has 0 saturated carbocycles. The fraction of sp³-hybridized carbons (Fsp3) is 0.529. The van der Waals surface area contributed by atoms with Crippen molar-refractivity contribution < 1.29 is 9.21 Å². The molecule has 0 bridgehead atoms. The average molecular weight is 348 g/mol. The Balaban J connectivity index is 1.54. The molecule has 6 nitrogen and oxygen atoms in total. The van der Waals surface area contributed by atoms with E-state index < -0.39 is 0 Å². The van der Waals surface area contributed by atoms with Crippen molar-refractivity contribution in [2.24, 2.45) is 0 Å². The Bertz CT molecular complexity index is 746. The summed E-state index contributed by atoms with van der Waals surface area (Å²) in [7, 11) is 0. The Morgan fingerprint density at radius 3 is 2.67 bits per heavy atom. The van der Waals surface area contributed by atoms with E-state index >= 15 is 0 Å². The zero-order valence-electron chi connectivity index (χ0n) is 14.0. The molecule has 1 aliphatic heterocycles. The van der Waals surface area contributed by atoms with Crippen LogP contribution in [0.5, 0.6) is 0 Å². The lowest BCUT2D eigenvalue weighted by Crippen LogP contribution is -2.49. The predicted octanol–water partition coefficient (Wildman–Crippen LogP) is 2.07. The van der Waals surface area contributed by atoms with Crippen LogP contribution in [-0.4, -0.2) is 59.5 Å². The molecule has 2 heterocycles. The van der Waals surface area contributed by atoms with Crippen LogP contribution in [0.1, 0.15) is 13.3 Å². The number of carbonyl (C=O) groups is 1. The second kappa shape index (κ2) is 7.92. The fourth-order valence-corrected chi connectivity index (χ4v) is 3.21. The normalized spacial score (nSPS) is 16.5. The number of para-hydroxylation sites is 2. The number of aromatic nitrogens is 1. The van der Waals surface area contributed by atoms with E-state index in [4.69, 9.17) is 16.6 Å². The molecule has 1 aliphatic rings. The van der Waals surface area contributed by atoms with E-state index in [-0.39, 0.29) is 5.91 Å². The molecular formula is C17H24N4O2S. The molecule has 2 aromatic rings. The summed E-state index contributed by atoms with van der Waals surface area (Å²) < 4.78 is 7.68.